The van der Waals surface area contributed by atoms with Crippen LogP contribution in [0.25, 0.3) is 0 Å². The second kappa shape index (κ2) is 10.5. The van der Waals surface area contributed by atoms with Crippen molar-refractivity contribution in [1.29, 1.82) is 0 Å². The van der Waals surface area contributed by atoms with E-state index in [0.29, 0.717) is 24.3 Å². The van der Waals surface area contributed by atoms with Gasteiger partial charge >= 0.3 is 0 Å². The van der Waals surface area contributed by atoms with Crippen molar-refractivity contribution in [3.05, 3.63) is 75.6 Å². The molecular formula is C31H34N2O5. The molecule has 0 radical (unpaired) electrons. The van der Waals surface area contributed by atoms with Gasteiger partial charge in [-0.05, 0) is 74.4 Å². The molecule has 198 valence electrons. The van der Waals surface area contributed by atoms with Crippen LogP contribution in [0.4, 0.5) is 5.69 Å². The van der Waals surface area contributed by atoms with Crippen LogP contribution in [-0.2, 0) is 14.4 Å². The highest BCUT2D eigenvalue weighted by atomic mass is 16.5. The van der Waals surface area contributed by atoms with E-state index >= 15 is 0 Å². The molecule has 0 unspecified atom stereocenters. The Bertz CT molecular complexity index is 1340. The minimum absolute atomic E-state index is 0.107. The molecule has 7 heteroatoms. The molecule has 2 aromatic carbocycles. The molecule has 0 atom stereocenters. The fraction of sp³-hybridized carbons (Fsp3) is 0.387. The highest BCUT2D eigenvalue weighted by Crippen LogP contribution is 2.49. The number of rotatable bonds is 6. The van der Waals surface area contributed by atoms with Crippen molar-refractivity contribution >= 4 is 23.2 Å². The van der Waals surface area contributed by atoms with Gasteiger partial charge in [-0.2, -0.15) is 0 Å². The van der Waals surface area contributed by atoms with Crippen LogP contribution in [0.15, 0.2) is 58.9 Å². The van der Waals surface area contributed by atoms with Crippen molar-refractivity contribution in [2.24, 2.45) is 0 Å². The fourth-order valence-corrected chi connectivity index (χ4v) is 5.88. The molecule has 3 aliphatic rings. The first-order valence-corrected chi connectivity index (χ1v) is 13.2. The lowest BCUT2D eigenvalue weighted by Gasteiger charge is -2.42. The lowest BCUT2D eigenvalue weighted by atomic mass is 9.71. The van der Waals surface area contributed by atoms with E-state index in [0.717, 1.165) is 70.6 Å². The number of anilines is 1. The number of ketones is 2. The predicted molar refractivity (Wildman–Crippen MR) is 145 cm³/mol. The normalized spacial score (nSPS) is 17.8. The van der Waals surface area contributed by atoms with Gasteiger partial charge in [0.25, 0.3) is 5.91 Å². The van der Waals surface area contributed by atoms with Crippen molar-refractivity contribution < 1.29 is 23.9 Å². The molecule has 0 aromatic heterocycles. The van der Waals surface area contributed by atoms with Gasteiger partial charge in [-0.25, -0.2) is 0 Å². The molecule has 1 amide bonds. The Morgan fingerprint density at radius 2 is 1.61 bits per heavy atom. The summed E-state index contributed by atoms with van der Waals surface area (Å²) in [6, 6.07) is 11.3. The molecule has 0 saturated carbocycles. The average Bonchev–Trinajstić information content (AvgIpc) is 2.91. The molecule has 1 aliphatic heterocycles. The molecule has 2 aliphatic carbocycles. The maximum Gasteiger partial charge on any atom is 0.262 e. The van der Waals surface area contributed by atoms with Gasteiger partial charge < -0.3 is 19.7 Å². The number of ether oxygens (including phenoxy) is 2. The SMILES string of the molecule is COc1cc(C2C3=C(CCCC3=O)N(C)C3=C2C(=O)CCC3)ccc1OCC(=O)Nc1cccc(C)c1C. The Labute approximate surface area is 223 Å². The van der Waals surface area contributed by atoms with Crippen LogP contribution in [0, 0.1) is 13.8 Å². The summed E-state index contributed by atoms with van der Waals surface area (Å²) in [6.45, 7) is 3.78. The molecular weight excluding hydrogens is 480 g/mol. The summed E-state index contributed by atoms with van der Waals surface area (Å²) in [6.07, 6.45) is 4.29. The summed E-state index contributed by atoms with van der Waals surface area (Å²) < 4.78 is 11.5. The van der Waals surface area contributed by atoms with Gasteiger partial charge in [0.15, 0.2) is 29.7 Å². The van der Waals surface area contributed by atoms with Crippen molar-refractivity contribution in [1.82, 2.24) is 4.90 Å². The molecule has 0 bridgehead atoms. The number of allylic oxidation sites excluding steroid dienone is 4. The zero-order valence-corrected chi connectivity index (χ0v) is 22.5. The molecule has 38 heavy (non-hydrogen) atoms. The first kappa shape index (κ1) is 25.8. The minimum Gasteiger partial charge on any atom is -0.493 e. The van der Waals surface area contributed by atoms with E-state index in [9.17, 15) is 14.4 Å². The maximum absolute atomic E-state index is 13.2. The number of hydrogen-bond acceptors (Lipinski definition) is 6. The van der Waals surface area contributed by atoms with Gasteiger partial charge in [0.2, 0.25) is 0 Å². The summed E-state index contributed by atoms with van der Waals surface area (Å²) in [4.78, 5) is 41.1. The minimum atomic E-state index is -0.410. The van der Waals surface area contributed by atoms with E-state index < -0.39 is 5.92 Å². The largest absolute Gasteiger partial charge is 0.493 e. The number of amides is 1. The number of carbonyl (C=O) groups is 3. The summed E-state index contributed by atoms with van der Waals surface area (Å²) >= 11 is 0. The first-order chi connectivity index (χ1) is 18.3. The van der Waals surface area contributed by atoms with Crippen molar-refractivity contribution in [3.63, 3.8) is 0 Å². The molecule has 0 saturated heterocycles. The van der Waals surface area contributed by atoms with Gasteiger partial charge in [0, 0.05) is 54.0 Å². The number of hydrogen-bond donors (Lipinski definition) is 1. The maximum atomic E-state index is 13.2. The predicted octanol–water partition coefficient (Wildman–Crippen LogP) is 5.37. The van der Waals surface area contributed by atoms with Crippen molar-refractivity contribution in [2.75, 3.05) is 26.1 Å². The zero-order valence-electron chi connectivity index (χ0n) is 22.5. The van der Waals surface area contributed by atoms with E-state index in [4.69, 9.17) is 9.47 Å². The molecule has 1 N–H and O–H groups in total. The Balaban J connectivity index is 1.43. The molecule has 1 heterocycles. The lowest BCUT2D eigenvalue weighted by Crippen LogP contribution is -2.37. The molecule has 2 aromatic rings. The van der Waals surface area contributed by atoms with E-state index in [1.54, 1.807) is 13.2 Å². The number of Topliss-reactive ketones (excluding diaryl/α,β-unsaturated/α-hetero) is 2. The van der Waals surface area contributed by atoms with Gasteiger partial charge in [-0.1, -0.05) is 18.2 Å². The third-order valence-corrected chi connectivity index (χ3v) is 8.00. The standard InChI is InChI=1S/C31H34N2O5/c1-18-8-5-9-21(19(18)2)32-28(36)17-38-26-15-14-20(16-27(26)37-4)29-30-22(10-6-12-24(30)34)33(3)23-11-7-13-25(35)31(23)29/h5,8-9,14-16,29H,6-7,10-13,17H2,1-4H3,(H,32,36). The third-order valence-electron chi connectivity index (χ3n) is 8.00. The Morgan fingerprint density at radius 1 is 0.947 bits per heavy atom. The average molecular weight is 515 g/mol. The molecule has 0 fully saturated rings. The van der Waals surface area contributed by atoms with E-state index in [1.165, 1.54) is 0 Å². The molecule has 7 nitrogen and oxygen atoms in total. The van der Waals surface area contributed by atoms with E-state index in [-0.39, 0.29) is 24.1 Å². The van der Waals surface area contributed by atoms with Crippen LogP contribution in [0.2, 0.25) is 0 Å². The number of aryl methyl sites for hydroxylation is 1. The Kier molecular flexibility index (Phi) is 7.11. The zero-order chi connectivity index (χ0) is 27.0. The quantitative estimate of drug-likeness (QED) is 0.558. The molecule has 5 rings (SSSR count). The second-order valence-corrected chi connectivity index (χ2v) is 10.3. The third kappa shape index (κ3) is 4.62. The van der Waals surface area contributed by atoms with Crippen LogP contribution in [0.3, 0.4) is 0 Å². The second-order valence-electron chi connectivity index (χ2n) is 10.3. The smallest absolute Gasteiger partial charge is 0.262 e. The van der Waals surface area contributed by atoms with Crippen LogP contribution in [-0.4, -0.2) is 43.1 Å². The van der Waals surface area contributed by atoms with Crippen LogP contribution in [0.1, 0.15) is 61.1 Å². The van der Waals surface area contributed by atoms with Crippen LogP contribution >= 0.6 is 0 Å². The molecule has 0 spiro atoms. The first-order valence-electron chi connectivity index (χ1n) is 13.2. The number of nitrogens with zero attached hydrogens (tertiary/aromatic N) is 1. The van der Waals surface area contributed by atoms with Gasteiger partial charge in [-0.15, -0.1) is 0 Å². The van der Waals surface area contributed by atoms with Gasteiger partial charge in [0.1, 0.15) is 0 Å². The van der Waals surface area contributed by atoms with Crippen molar-refractivity contribution in [2.45, 2.75) is 58.3 Å². The highest BCUT2D eigenvalue weighted by molar-refractivity contribution is 6.06. The van der Waals surface area contributed by atoms with Crippen LogP contribution < -0.4 is 14.8 Å². The topological polar surface area (TPSA) is 84.9 Å². The van der Waals surface area contributed by atoms with E-state index in [1.807, 2.05) is 51.2 Å². The fourth-order valence-electron chi connectivity index (χ4n) is 5.88. The summed E-state index contributed by atoms with van der Waals surface area (Å²) in [7, 11) is 3.53. The lowest BCUT2D eigenvalue weighted by molar-refractivity contribution is -0.118. The monoisotopic (exact) mass is 514 g/mol. The van der Waals surface area contributed by atoms with Crippen LogP contribution in [0.5, 0.6) is 11.5 Å². The van der Waals surface area contributed by atoms with Crippen molar-refractivity contribution in [3.8, 4) is 11.5 Å². The number of methoxy groups -OCH3 is 1. The highest BCUT2D eigenvalue weighted by Gasteiger charge is 2.42. The summed E-state index contributed by atoms with van der Waals surface area (Å²) in [5.41, 5.74) is 7.22. The number of benzene rings is 2. The number of carbonyl (C=O) groups excluding carboxylic acids is 3. The summed E-state index contributed by atoms with van der Waals surface area (Å²) in [5.74, 6) is 0.411. The van der Waals surface area contributed by atoms with Gasteiger partial charge in [-0.3, -0.25) is 14.4 Å². The Hall–Kier alpha value is -3.87. The number of nitrogens with one attached hydrogen (secondary N) is 1. The van der Waals surface area contributed by atoms with E-state index in [2.05, 4.69) is 10.2 Å². The summed E-state index contributed by atoms with van der Waals surface area (Å²) in [5, 5.41) is 2.90. The Morgan fingerprint density at radius 3 is 2.24 bits per heavy atom. The van der Waals surface area contributed by atoms with Gasteiger partial charge in [0.05, 0.1) is 7.11 Å².